The summed E-state index contributed by atoms with van der Waals surface area (Å²) in [5, 5.41) is 24.1. The van der Waals surface area contributed by atoms with E-state index in [0.717, 1.165) is 30.6 Å². The van der Waals surface area contributed by atoms with Crippen LogP contribution in [0.5, 0.6) is 5.75 Å². The number of carboxylic acids is 1. The number of nitrogens with zero attached hydrogens (tertiary/aromatic N) is 1. The number of carbonyl (C=O) groups is 1. The summed E-state index contributed by atoms with van der Waals surface area (Å²) in [6, 6.07) is 12.3. The van der Waals surface area contributed by atoms with Gasteiger partial charge in [0.1, 0.15) is 23.8 Å². The van der Waals surface area contributed by atoms with Crippen molar-refractivity contribution < 1.29 is 24.1 Å². The largest absolute Gasteiger partial charge is 0.490 e. The summed E-state index contributed by atoms with van der Waals surface area (Å²) >= 11 is 6.00. The molecule has 0 radical (unpaired) electrons. The van der Waals surface area contributed by atoms with Crippen molar-refractivity contribution in [3.63, 3.8) is 0 Å². The molecule has 0 bridgehead atoms. The molecule has 0 spiro atoms. The Kier molecular flexibility index (Phi) is 8.93. The maximum atomic E-state index is 13.6. The van der Waals surface area contributed by atoms with Gasteiger partial charge in [0.25, 0.3) is 0 Å². The van der Waals surface area contributed by atoms with Crippen molar-refractivity contribution in [3.8, 4) is 5.75 Å². The molecular formula is C26H34ClFN2O4. The summed E-state index contributed by atoms with van der Waals surface area (Å²) in [6.45, 7) is 8.08. The predicted octanol–water partition coefficient (Wildman–Crippen LogP) is 4.12. The minimum Gasteiger partial charge on any atom is -0.490 e. The highest BCUT2D eigenvalue weighted by molar-refractivity contribution is 6.30. The summed E-state index contributed by atoms with van der Waals surface area (Å²) in [5.74, 6) is -1.03. The van der Waals surface area contributed by atoms with Crippen molar-refractivity contribution in [3.05, 3.63) is 64.4 Å². The number of piperidine rings is 1. The molecule has 3 rings (SSSR count). The maximum Gasteiger partial charge on any atom is 0.307 e. The molecule has 1 fully saturated rings. The molecule has 1 heterocycles. The number of rotatable bonds is 10. The Morgan fingerprint density at radius 2 is 1.97 bits per heavy atom. The number of hydrogen-bond acceptors (Lipinski definition) is 5. The summed E-state index contributed by atoms with van der Waals surface area (Å²) in [7, 11) is 0. The molecule has 1 saturated heterocycles. The van der Waals surface area contributed by atoms with Crippen LogP contribution in [-0.2, 0) is 17.8 Å². The lowest BCUT2D eigenvalue weighted by Gasteiger charge is -2.43. The molecule has 8 heteroatoms. The van der Waals surface area contributed by atoms with Gasteiger partial charge in [-0.15, -0.1) is 0 Å². The van der Waals surface area contributed by atoms with E-state index in [4.69, 9.17) is 21.4 Å². The molecule has 3 N–H and O–H groups in total. The second-order valence-electron chi connectivity index (χ2n) is 9.71. The quantitative estimate of drug-likeness (QED) is 0.463. The second-order valence-corrected chi connectivity index (χ2v) is 10.1. The Bertz CT molecular complexity index is 970. The SMILES string of the molecule is C[C@@H]1CN(Cc2ccc(Cl)cc2)[C@@H](C)C[C@@H]1NC[C@](C)(O)COc1cc(F)ccc1CC(=O)O. The van der Waals surface area contributed by atoms with Gasteiger partial charge >= 0.3 is 5.97 Å². The van der Waals surface area contributed by atoms with Crippen molar-refractivity contribution >= 4 is 17.6 Å². The lowest BCUT2D eigenvalue weighted by atomic mass is 9.88. The molecule has 1 aliphatic heterocycles. The molecule has 0 unspecified atom stereocenters. The van der Waals surface area contributed by atoms with Gasteiger partial charge in [0.15, 0.2) is 0 Å². The molecule has 2 aromatic rings. The highest BCUT2D eigenvalue weighted by Gasteiger charge is 2.32. The number of aliphatic carboxylic acids is 1. The van der Waals surface area contributed by atoms with E-state index in [1.165, 1.54) is 17.7 Å². The third-order valence-corrected chi connectivity index (χ3v) is 6.63. The molecule has 0 aliphatic carbocycles. The summed E-state index contributed by atoms with van der Waals surface area (Å²) < 4.78 is 19.3. The van der Waals surface area contributed by atoms with Crippen molar-refractivity contribution in [2.45, 2.75) is 57.8 Å². The summed E-state index contributed by atoms with van der Waals surface area (Å²) in [4.78, 5) is 13.5. The third kappa shape index (κ3) is 7.67. The minimum absolute atomic E-state index is 0.0879. The number of ether oxygens (including phenoxy) is 1. The molecule has 1 aliphatic rings. The Balaban J connectivity index is 1.52. The van der Waals surface area contributed by atoms with Crippen LogP contribution >= 0.6 is 11.6 Å². The zero-order chi connectivity index (χ0) is 24.9. The second kappa shape index (κ2) is 11.5. The lowest BCUT2D eigenvalue weighted by molar-refractivity contribution is -0.136. The number of carboxylic acid groups (broad SMARTS) is 1. The third-order valence-electron chi connectivity index (χ3n) is 6.38. The first-order valence-electron chi connectivity index (χ1n) is 11.6. The van der Waals surface area contributed by atoms with Crippen molar-refractivity contribution in [1.29, 1.82) is 0 Å². The molecule has 4 atom stereocenters. The number of benzene rings is 2. The van der Waals surface area contributed by atoms with Crippen LogP contribution in [-0.4, -0.2) is 58.5 Å². The molecule has 0 amide bonds. The molecule has 0 saturated carbocycles. The number of nitrogens with one attached hydrogen (secondary N) is 1. The monoisotopic (exact) mass is 492 g/mol. The molecule has 2 aromatic carbocycles. The Hall–Kier alpha value is -2.19. The zero-order valence-corrected chi connectivity index (χ0v) is 20.7. The first kappa shape index (κ1) is 26.4. The smallest absolute Gasteiger partial charge is 0.307 e. The lowest BCUT2D eigenvalue weighted by Crippen LogP contribution is -2.55. The fourth-order valence-electron chi connectivity index (χ4n) is 4.36. The standard InChI is InChI=1S/C26H34ClFN2O4/c1-17-13-30(14-19-4-7-21(27)8-5-19)18(2)10-23(17)29-15-26(3,33)16-34-24-12-22(28)9-6-20(24)11-25(31)32/h4-9,12,17-18,23,29,33H,10-11,13-16H2,1-3H3,(H,31,32)/t17-,18+,23+,26+/m1/s1. The minimum atomic E-state index is -1.21. The molecule has 34 heavy (non-hydrogen) atoms. The summed E-state index contributed by atoms with van der Waals surface area (Å²) in [6.07, 6.45) is 0.665. The number of likely N-dealkylation sites (tertiary alicyclic amines) is 1. The average Bonchev–Trinajstić information content (AvgIpc) is 2.76. The van der Waals surface area contributed by atoms with Gasteiger partial charge in [-0.25, -0.2) is 4.39 Å². The maximum absolute atomic E-state index is 13.6. The number of aliphatic hydroxyl groups is 1. The number of hydrogen-bond donors (Lipinski definition) is 3. The first-order chi connectivity index (χ1) is 16.0. The van der Waals surface area contributed by atoms with Gasteiger partial charge in [0.2, 0.25) is 0 Å². The topological polar surface area (TPSA) is 82.0 Å². The Morgan fingerprint density at radius 1 is 1.26 bits per heavy atom. The Labute approximate surface area is 205 Å². The van der Waals surface area contributed by atoms with Crippen LogP contribution in [0, 0.1) is 11.7 Å². The van der Waals surface area contributed by atoms with Gasteiger partial charge in [0.05, 0.1) is 6.42 Å². The van der Waals surface area contributed by atoms with Crippen LogP contribution in [0.25, 0.3) is 0 Å². The fraction of sp³-hybridized carbons (Fsp3) is 0.500. The van der Waals surface area contributed by atoms with Crippen LogP contribution in [0.2, 0.25) is 5.02 Å². The van der Waals surface area contributed by atoms with Crippen molar-refractivity contribution in [1.82, 2.24) is 10.2 Å². The van der Waals surface area contributed by atoms with Crippen LogP contribution in [0.3, 0.4) is 0 Å². The predicted molar refractivity (Wildman–Crippen MR) is 131 cm³/mol. The van der Waals surface area contributed by atoms with Crippen LogP contribution in [0.4, 0.5) is 4.39 Å². The Morgan fingerprint density at radius 3 is 2.65 bits per heavy atom. The summed E-state index contributed by atoms with van der Waals surface area (Å²) in [5.41, 5.74) is 0.388. The van der Waals surface area contributed by atoms with Crippen LogP contribution in [0.1, 0.15) is 38.3 Å². The van der Waals surface area contributed by atoms with Crippen LogP contribution in [0.15, 0.2) is 42.5 Å². The van der Waals surface area contributed by atoms with Crippen LogP contribution < -0.4 is 10.1 Å². The normalized spacial score (nSPS) is 22.8. The fourth-order valence-corrected chi connectivity index (χ4v) is 4.49. The van der Waals surface area contributed by atoms with Gasteiger partial charge in [0, 0.05) is 48.4 Å². The van der Waals surface area contributed by atoms with Crippen molar-refractivity contribution in [2.24, 2.45) is 5.92 Å². The van der Waals surface area contributed by atoms with E-state index < -0.39 is 17.4 Å². The van der Waals surface area contributed by atoms with Gasteiger partial charge < -0.3 is 20.3 Å². The van der Waals surface area contributed by atoms with E-state index in [1.807, 2.05) is 12.1 Å². The van der Waals surface area contributed by atoms with Gasteiger partial charge in [-0.05, 0) is 49.9 Å². The molecule has 6 nitrogen and oxygen atoms in total. The zero-order valence-electron chi connectivity index (χ0n) is 19.9. The molecular weight excluding hydrogens is 459 g/mol. The highest BCUT2D eigenvalue weighted by Crippen LogP contribution is 2.26. The van der Waals surface area contributed by atoms with E-state index in [9.17, 15) is 14.3 Å². The van der Waals surface area contributed by atoms with E-state index in [2.05, 4.69) is 36.2 Å². The van der Waals surface area contributed by atoms with Gasteiger partial charge in [-0.2, -0.15) is 0 Å². The van der Waals surface area contributed by atoms with E-state index in [1.54, 1.807) is 6.92 Å². The van der Waals surface area contributed by atoms with Crippen molar-refractivity contribution in [2.75, 3.05) is 19.7 Å². The van der Waals surface area contributed by atoms with E-state index >= 15 is 0 Å². The van der Waals surface area contributed by atoms with Gasteiger partial charge in [-0.3, -0.25) is 9.69 Å². The average molecular weight is 493 g/mol. The van der Waals surface area contributed by atoms with Gasteiger partial charge in [-0.1, -0.05) is 36.7 Å². The molecule has 186 valence electrons. The van der Waals surface area contributed by atoms with E-state index in [-0.39, 0.29) is 24.8 Å². The molecule has 0 aromatic heterocycles. The van der Waals surface area contributed by atoms with E-state index in [0.29, 0.717) is 24.1 Å². The first-order valence-corrected chi connectivity index (χ1v) is 12.0. The highest BCUT2D eigenvalue weighted by atomic mass is 35.5. The number of halogens is 2.